The molecule has 1 unspecified atom stereocenters. The predicted octanol–water partition coefficient (Wildman–Crippen LogP) is 3.15. The molecule has 0 saturated carbocycles. The standard InChI is InChI=1S/C15H23BrN2OS/c1-10(2)8-20-9-14(18-17)7-12-6-13(16)5-11-3-4-19-15(11)12/h5-6,10,14,18H,3-4,7-9,17H2,1-2H3. The van der Waals surface area contributed by atoms with Gasteiger partial charge in [-0.25, -0.2) is 0 Å². The molecule has 0 saturated heterocycles. The van der Waals surface area contributed by atoms with E-state index < -0.39 is 0 Å². The second-order valence-corrected chi connectivity index (χ2v) is 7.64. The number of hydrogen-bond acceptors (Lipinski definition) is 4. The maximum Gasteiger partial charge on any atom is 0.125 e. The van der Waals surface area contributed by atoms with Crippen molar-refractivity contribution in [3.05, 3.63) is 27.7 Å². The molecule has 1 aromatic rings. The zero-order valence-electron chi connectivity index (χ0n) is 12.1. The van der Waals surface area contributed by atoms with E-state index in [0.29, 0.717) is 0 Å². The Labute approximate surface area is 134 Å². The van der Waals surface area contributed by atoms with Crippen molar-refractivity contribution < 1.29 is 4.74 Å². The summed E-state index contributed by atoms with van der Waals surface area (Å²) >= 11 is 5.54. The Morgan fingerprint density at radius 3 is 2.90 bits per heavy atom. The SMILES string of the molecule is CC(C)CSCC(Cc1cc(Br)cc2c1OCC2)NN. The summed E-state index contributed by atoms with van der Waals surface area (Å²) in [5, 5.41) is 0. The smallest absolute Gasteiger partial charge is 0.125 e. The molecule has 1 aliphatic rings. The molecule has 0 amide bonds. The largest absolute Gasteiger partial charge is 0.493 e. The van der Waals surface area contributed by atoms with Gasteiger partial charge in [-0.1, -0.05) is 29.8 Å². The number of nitrogens with one attached hydrogen (secondary N) is 1. The minimum Gasteiger partial charge on any atom is -0.493 e. The van der Waals surface area contributed by atoms with Gasteiger partial charge in [0.05, 0.1) is 6.61 Å². The lowest BCUT2D eigenvalue weighted by Crippen LogP contribution is -2.39. The first-order valence-electron chi connectivity index (χ1n) is 7.08. The monoisotopic (exact) mass is 358 g/mol. The Morgan fingerprint density at radius 1 is 1.40 bits per heavy atom. The highest BCUT2D eigenvalue weighted by Gasteiger charge is 2.19. The van der Waals surface area contributed by atoms with Crippen molar-refractivity contribution in [1.29, 1.82) is 0 Å². The molecule has 0 aromatic heterocycles. The lowest BCUT2D eigenvalue weighted by molar-refractivity contribution is 0.352. The third-order valence-electron chi connectivity index (χ3n) is 3.30. The van der Waals surface area contributed by atoms with E-state index in [1.165, 1.54) is 16.9 Å². The fraction of sp³-hybridized carbons (Fsp3) is 0.600. The highest BCUT2D eigenvalue weighted by Crippen LogP contribution is 2.33. The van der Waals surface area contributed by atoms with E-state index in [1.54, 1.807) is 0 Å². The van der Waals surface area contributed by atoms with E-state index >= 15 is 0 Å². The average Bonchev–Trinajstić information content (AvgIpc) is 2.85. The molecule has 1 aromatic carbocycles. The first-order chi connectivity index (χ1) is 9.60. The van der Waals surface area contributed by atoms with Crippen LogP contribution < -0.4 is 16.0 Å². The van der Waals surface area contributed by atoms with E-state index in [-0.39, 0.29) is 6.04 Å². The topological polar surface area (TPSA) is 47.3 Å². The molecule has 5 heteroatoms. The van der Waals surface area contributed by atoms with Crippen LogP contribution >= 0.6 is 27.7 Å². The molecule has 1 aliphatic heterocycles. The number of benzene rings is 1. The van der Waals surface area contributed by atoms with Gasteiger partial charge in [-0.05, 0) is 41.4 Å². The molecule has 2 rings (SSSR count). The quantitative estimate of drug-likeness (QED) is 0.580. The van der Waals surface area contributed by atoms with Crippen molar-refractivity contribution in [3.63, 3.8) is 0 Å². The molecule has 0 spiro atoms. The normalized spacial score (nSPS) is 15.2. The molecule has 3 N–H and O–H groups in total. The van der Waals surface area contributed by atoms with Gasteiger partial charge in [0.2, 0.25) is 0 Å². The van der Waals surface area contributed by atoms with Gasteiger partial charge in [-0.3, -0.25) is 11.3 Å². The molecular formula is C15H23BrN2OS. The van der Waals surface area contributed by atoms with E-state index in [4.69, 9.17) is 10.6 Å². The number of halogens is 1. The summed E-state index contributed by atoms with van der Waals surface area (Å²) in [5.41, 5.74) is 5.50. The lowest BCUT2D eigenvalue weighted by atomic mass is 10.0. The van der Waals surface area contributed by atoms with Crippen LogP contribution in [0.25, 0.3) is 0 Å². The van der Waals surface area contributed by atoms with Crippen molar-refractivity contribution in [1.82, 2.24) is 5.43 Å². The molecule has 20 heavy (non-hydrogen) atoms. The van der Waals surface area contributed by atoms with Crippen LogP contribution in [-0.2, 0) is 12.8 Å². The maximum atomic E-state index is 5.78. The van der Waals surface area contributed by atoms with Crippen LogP contribution in [-0.4, -0.2) is 24.2 Å². The van der Waals surface area contributed by atoms with E-state index in [1.807, 2.05) is 11.8 Å². The number of hydrazine groups is 1. The van der Waals surface area contributed by atoms with Crippen molar-refractivity contribution in [2.45, 2.75) is 32.7 Å². The van der Waals surface area contributed by atoms with Crippen LogP contribution in [0.15, 0.2) is 16.6 Å². The third-order valence-corrected chi connectivity index (χ3v) is 5.30. The number of hydrogen-bond donors (Lipinski definition) is 2. The van der Waals surface area contributed by atoms with Crippen LogP contribution in [0.5, 0.6) is 5.75 Å². The Hall–Kier alpha value is -0.230. The maximum absolute atomic E-state index is 5.78. The highest BCUT2D eigenvalue weighted by molar-refractivity contribution is 9.10. The summed E-state index contributed by atoms with van der Waals surface area (Å²) in [4.78, 5) is 0. The third kappa shape index (κ3) is 4.38. The average molecular weight is 359 g/mol. The second kappa shape index (κ2) is 7.69. The van der Waals surface area contributed by atoms with Crippen LogP contribution in [0.2, 0.25) is 0 Å². The van der Waals surface area contributed by atoms with Crippen molar-refractivity contribution in [3.8, 4) is 5.75 Å². The zero-order chi connectivity index (χ0) is 14.5. The van der Waals surface area contributed by atoms with Crippen molar-refractivity contribution in [2.75, 3.05) is 18.1 Å². The van der Waals surface area contributed by atoms with Gasteiger partial charge in [-0.15, -0.1) is 0 Å². The number of rotatable bonds is 7. The summed E-state index contributed by atoms with van der Waals surface area (Å²) in [6.45, 7) is 5.28. The summed E-state index contributed by atoms with van der Waals surface area (Å²) in [6, 6.07) is 4.59. The lowest BCUT2D eigenvalue weighted by Gasteiger charge is -2.18. The van der Waals surface area contributed by atoms with Crippen LogP contribution in [0.1, 0.15) is 25.0 Å². The van der Waals surface area contributed by atoms with Gasteiger partial charge < -0.3 is 4.74 Å². The van der Waals surface area contributed by atoms with Gasteiger partial charge in [-0.2, -0.15) is 11.8 Å². The minimum atomic E-state index is 0.279. The molecule has 3 nitrogen and oxygen atoms in total. The Kier molecular flexibility index (Phi) is 6.20. The van der Waals surface area contributed by atoms with Gasteiger partial charge in [0.1, 0.15) is 5.75 Å². The fourth-order valence-electron chi connectivity index (χ4n) is 2.38. The van der Waals surface area contributed by atoms with Gasteiger partial charge in [0.25, 0.3) is 0 Å². The summed E-state index contributed by atoms with van der Waals surface area (Å²) in [6.07, 6.45) is 1.91. The van der Waals surface area contributed by atoms with E-state index in [9.17, 15) is 0 Å². The Balaban J connectivity index is 2.00. The summed E-state index contributed by atoms with van der Waals surface area (Å²) in [5.74, 6) is 9.69. The molecule has 0 aliphatic carbocycles. The number of ether oxygens (including phenoxy) is 1. The highest BCUT2D eigenvalue weighted by atomic mass is 79.9. The molecule has 0 fully saturated rings. The van der Waals surface area contributed by atoms with E-state index in [0.717, 1.165) is 41.3 Å². The number of thioether (sulfide) groups is 1. The van der Waals surface area contributed by atoms with Crippen molar-refractivity contribution >= 4 is 27.7 Å². The predicted molar refractivity (Wildman–Crippen MR) is 90.3 cm³/mol. The van der Waals surface area contributed by atoms with Crippen LogP contribution in [0.3, 0.4) is 0 Å². The Bertz CT molecular complexity index is 454. The Morgan fingerprint density at radius 2 is 2.20 bits per heavy atom. The number of nitrogens with two attached hydrogens (primary N) is 1. The van der Waals surface area contributed by atoms with Crippen LogP contribution in [0.4, 0.5) is 0 Å². The van der Waals surface area contributed by atoms with Crippen molar-refractivity contribution in [2.24, 2.45) is 11.8 Å². The summed E-state index contributed by atoms with van der Waals surface area (Å²) in [7, 11) is 0. The molecule has 0 radical (unpaired) electrons. The molecule has 1 atom stereocenters. The van der Waals surface area contributed by atoms with Gasteiger partial charge in [0.15, 0.2) is 0 Å². The first-order valence-corrected chi connectivity index (χ1v) is 9.03. The zero-order valence-corrected chi connectivity index (χ0v) is 14.5. The van der Waals surface area contributed by atoms with Crippen LogP contribution in [0, 0.1) is 5.92 Å². The number of fused-ring (bicyclic) bond motifs is 1. The van der Waals surface area contributed by atoms with Gasteiger partial charge >= 0.3 is 0 Å². The second-order valence-electron chi connectivity index (χ2n) is 5.65. The first kappa shape index (κ1) is 16.1. The molecule has 1 heterocycles. The molecule has 112 valence electrons. The minimum absolute atomic E-state index is 0.279. The van der Waals surface area contributed by atoms with Gasteiger partial charge in [0, 0.05) is 22.7 Å². The molecule has 0 bridgehead atoms. The fourth-order valence-corrected chi connectivity index (χ4v) is 4.03. The molecular weight excluding hydrogens is 336 g/mol. The van der Waals surface area contributed by atoms with E-state index in [2.05, 4.69) is 47.3 Å². The summed E-state index contributed by atoms with van der Waals surface area (Å²) < 4.78 is 6.90.